The van der Waals surface area contributed by atoms with E-state index in [2.05, 4.69) is 4.98 Å². The molecule has 8 heteroatoms. The summed E-state index contributed by atoms with van der Waals surface area (Å²) < 4.78 is 13.5. The van der Waals surface area contributed by atoms with Crippen LogP contribution in [0.2, 0.25) is 15.1 Å². The highest BCUT2D eigenvalue weighted by molar-refractivity contribution is 6.48. The summed E-state index contributed by atoms with van der Waals surface area (Å²) in [6, 6.07) is 3.46. The van der Waals surface area contributed by atoms with Crippen LogP contribution in [0.5, 0.6) is 0 Å². The predicted octanol–water partition coefficient (Wildman–Crippen LogP) is 4.16. The van der Waals surface area contributed by atoms with Gasteiger partial charge in [-0.15, -0.1) is 12.4 Å². The van der Waals surface area contributed by atoms with Crippen LogP contribution in [0, 0.1) is 0 Å². The highest BCUT2D eigenvalue weighted by atomic mass is 35.5. The summed E-state index contributed by atoms with van der Waals surface area (Å²) in [7, 11) is 0. The van der Waals surface area contributed by atoms with E-state index in [4.69, 9.17) is 44.3 Å². The molecule has 0 spiro atoms. The maximum absolute atomic E-state index is 6.31. The summed E-state index contributed by atoms with van der Waals surface area (Å²) in [5.74, 6) is -0.966. The molecule has 1 aromatic carbocycles. The summed E-state index contributed by atoms with van der Waals surface area (Å²) in [5, 5.41) is 1.05. The third-order valence-corrected chi connectivity index (χ3v) is 4.44. The van der Waals surface area contributed by atoms with Crippen LogP contribution in [0.25, 0.3) is 0 Å². The fraction of sp³-hybridized carbons (Fsp3) is 0.308. The zero-order valence-corrected chi connectivity index (χ0v) is 13.8. The SMILES string of the molecule is Cl.Clc1ccc(C2(Cn3ccnc3)OCCO2)c(Cl)c1Cl. The number of ether oxygens (including phenoxy) is 2. The molecule has 0 aliphatic carbocycles. The molecule has 1 aliphatic heterocycles. The van der Waals surface area contributed by atoms with Crippen molar-refractivity contribution >= 4 is 47.2 Å². The normalized spacial score (nSPS) is 16.7. The fourth-order valence-corrected chi connectivity index (χ4v) is 2.91. The van der Waals surface area contributed by atoms with Crippen molar-refractivity contribution in [2.24, 2.45) is 0 Å². The Balaban J connectivity index is 0.00000161. The molecule has 1 aliphatic rings. The van der Waals surface area contributed by atoms with Gasteiger partial charge in [0.25, 0.3) is 0 Å². The predicted molar refractivity (Wildman–Crippen MR) is 84.5 cm³/mol. The van der Waals surface area contributed by atoms with Crippen molar-refractivity contribution in [2.45, 2.75) is 12.3 Å². The van der Waals surface area contributed by atoms with E-state index in [1.807, 2.05) is 10.8 Å². The molecule has 0 unspecified atom stereocenters. The molecule has 1 fully saturated rings. The van der Waals surface area contributed by atoms with Gasteiger partial charge in [0, 0.05) is 18.0 Å². The van der Waals surface area contributed by atoms with Crippen LogP contribution in [0.1, 0.15) is 5.56 Å². The fourth-order valence-electron chi connectivity index (χ4n) is 2.23. The number of hydrogen-bond donors (Lipinski definition) is 0. The van der Waals surface area contributed by atoms with Crippen molar-refractivity contribution in [3.8, 4) is 0 Å². The van der Waals surface area contributed by atoms with E-state index in [0.717, 1.165) is 0 Å². The first-order chi connectivity index (χ1) is 9.62. The van der Waals surface area contributed by atoms with E-state index in [1.54, 1.807) is 24.7 Å². The van der Waals surface area contributed by atoms with Gasteiger partial charge in [0.2, 0.25) is 5.79 Å². The summed E-state index contributed by atoms with van der Waals surface area (Å²) >= 11 is 18.4. The molecule has 2 aromatic rings. The Morgan fingerprint density at radius 3 is 2.48 bits per heavy atom. The summed E-state index contributed by atoms with van der Waals surface area (Å²) in [4.78, 5) is 4.01. The van der Waals surface area contributed by atoms with E-state index in [9.17, 15) is 0 Å². The Morgan fingerprint density at radius 2 is 1.86 bits per heavy atom. The van der Waals surface area contributed by atoms with E-state index in [-0.39, 0.29) is 12.4 Å². The number of hydrogen-bond acceptors (Lipinski definition) is 3. The Labute approximate surface area is 143 Å². The highest BCUT2D eigenvalue weighted by Crippen LogP contribution is 2.42. The maximum atomic E-state index is 6.31. The van der Waals surface area contributed by atoms with Crippen molar-refractivity contribution in [1.29, 1.82) is 0 Å². The van der Waals surface area contributed by atoms with Gasteiger partial charge in [0.1, 0.15) is 0 Å². The summed E-state index contributed by atoms with van der Waals surface area (Å²) in [6.07, 6.45) is 5.22. The average Bonchev–Trinajstić information content (AvgIpc) is 3.09. The van der Waals surface area contributed by atoms with Gasteiger partial charge in [-0.3, -0.25) is 0 Å². The summed E-state index contributed by atoms with van der Waals surface area (Å²) in [6.45, 7) is 1.42. The van der Waals surface area contributed by atoms with Crippen LogP contribution >= 0.6 is 47.2 Å². The zero-order valence-electron chi connectivity index (χ0n) is 10.8. The van der Waals surface area contributed by atoms with Crippen LogP contribution in [0.4, 0.5) is 0 Å². The van der Waals surface area contributed by atoms with E-state index < -0.39 is 5.79 Å². The van der Waals surface area contributed by atoms with E-state index in [1.165, 1.54) is 0 Å². The van der Waals surface area contributed by atoms with Gasteiger partial charge < -0.3 is 14.0 Å². The van der Waals surface area contributed by atoms with Crippen LogP contribution in [0.15, 0.2) is 30.9 Å². The van der Waals surface area contributed by atoms with Crippen molar-refractivity contribution < 1.29 is 9.47 Å². The number of imidazole rings is 1. The second kappa shape index (κ2) is 6.73. The average molecular weight is 370 g/mol. The molecule has 0 N–H and O–H groups in total. The molecule has 1 saturated heterocycles. The van der Waals surface area contributed by atoms with Crippen LogP contribution in [0.3, 0.4) is 0 Å². The molecule has 3 rings (SSSR count). The van der Waals surface area contributed by atoms with Gasteiger partial charge in [0.05, 0.1) is 41.2 Å². The van der Waals surface area contributed by atoms with Gasteiger partial charge in [0.15, 0.2) is 0 Å². The van der Waals surface area contributed by atoms with Gasteiger partial charge in [-0.1, -0.05) is 40.9 Å². The molecule has 21 heavy (non-hydrogen) atoms. The largest absolute Gasteiger partial charge is 0.342 e. The summed E-state index contributed by atoms with van der Waals surface area (Å²) in [5.41, 5.74) is 0.666. The lowest BCUT2D eigenvalue weighted by Gasteiger charge is -2.29. The lowest BCUT2D eigenvalue weighted by Crippen LogP contribution is -2.33. The van der Waals surface area contributed by atoms with Crippen molar-refractivity contribution in [1.82, 2.24) is 9.55 Å². The quantitative estimate of drug-likeness (QED) is 0.762. The van der Waals surface area contributed by atoms with Crippen LogP contribution < -0.4 is 0 Å². The molecule has 1 aromatic heterocycles. The lowest BCUT2D eigenvalue weighted by molar-refractivity contribution is -0.176. The van der Waals surface area contributed by atoms with E-state index >= 15 is 0 Å². The van der Waals surface area contributed by atoms with E-state index in [0.29, 0.717) is 40.4 Å². The van der Waals surface area contributed by atoms with Crippen LogP contribution in [-0.2, 0) is 21.8 Å². The first kappa shape index (κ1) is 16.9. The number of aromatic nitrogens is 2. The molecule has 0 bridgehead atoms. The molecule has 114 valence electrons. The Morgan fingerprint density at radius 1 is 1.14 bits per heavy atom. The minimum absolute atomic E-state index is 0. The smallest absolute Gasteiger partial charge is 0.215 e. The third-order valence-electron chi connectivity index (χ3n) is 3.15. The highest BCUT2D eigenvalue weighted by Gasteiger charge is 2.41. The van der Waals surface area contributed by atoms with Crippen molar-refractivity contribution in [3.63, 3.8) is 0 Å². The van der Waals surface area contributed by atoms with Gasteiger partial charge in [-0.25, -0.2) is 4.98 Å². The minimum Gasteiger partial charge on any atom is -0.342 e. The van der Waals surface area contributed by atoms with Crippen LogP contribution in [-0.4, -0.2) is 22.8 Å². The lowest BCUT2D eigenvalue weighted by atomic mass is 10.1. The Kier molecular flexibility index (Phi) is 5.41. The van der Waals surface area contributed by atoms with Gasteiger partial charge in [-0.2, -0.15) is 0 Å². The molecule has 4 nitrogen and oxygen atoms in total. The van der Waals surface area contributed by atoms with Crippen molar-refractivity contribution in [3.05, 3.63) is 51.5 Å². The number of benzene rings is 1. The maximum Gasteiger partial charge on any atom is 0.215 e. The molecular weight excluding hydrogens is 358 g/mol. The zero-order chi connectivity index (χ0) is 14.2. The van der Waals surface area contributed by atoms with Gasteiger partial charge >= 0.3 is 0 Å². The number of nitrogens with zero attached hydrogens (tertiary/aromatic N) is 2. The minimum atomic E-state index is -0.966. The Bertz CT molecular complexity index is 613. The standard InChI is InChI=1S/C13H11Cl3N2O2.ClH/c14-10-2-1-9(11(15)12(10)16)13(19-5-6-20-13)7-18-4-3-17-8-18;/h1-4,8H,5-7H2;1H. The first-order valence-electron chi connectivity index (χ1n) is 6.00. The third kappa shape index (κ3) is 3.16. The molecule has 0 amide bonds. The molecule has 0 radical (unpaired) electrons. The second-order valence-corrected chi connectivity index (χ2v) is 5.57. The molecule has 0 saturated carbocycles. The van der Waals surface area contributed by atoms with Crippen molar-refractivity contribution in [2.75, 3.05) is 13.2 Å². The molecule has 2 heterocycles. The number of halogens is 4. The van der Waals surface area contributed by atoms with Gasteiger partial charge in [-0.05, 0) is 6.07 Å². The topological polar surface area (TPSA) is 36.3 Å². The second-order valence-electron chi connectivity index (χ2n) is 4.41. The Hall–Kier alpha value is -0.490. The number of rotatable bonds is 3. The molecular formula is C13H12Cl4N2O2. The monoisotopic (exact) mass is 368 g/mol. The first-order valence-corrected chi connectivity index (χ1v) is 7.13. The molecule has 0 atom stereocenters.